The number of fused-ring (bicyclic) bond motifs is 1. The second-order valence-electron chi connectivity index (χ2n) is 4.43. The van der Waals surface area contributed by atoms with E-state index < -0.39 is 0 Å². The summed E-state index contributed by atoms with van der Waals surface area (Å²) in [7, 11) is 1.68. The molecule has 4 nitrogen and oxygen atoms in total. The predicted molar refractivity (Wildman–Crippen MR) is 76.2 cm³/mol. The van der Waals surface area contributed by atoms with E-state index in [0.29, 0.717) is 6.54 Å². The Morgan fingerprint density at radius 1 is 1.21 bits per heavy atom. The molecule has 19 heavy (non-hydrogen) atoms. The first-order valence-electron chi connectivity index (χ1n) is 6.11. The van der Waals surface area contributed by atoms with E-state index in [0.717, 1.165) is 27.9 Å². The average molecular weight is 253 g/mol. The van der Waals surface area contributed by atoms with Gasteiger partial charge in [-0.1, -0.05) is 18.2 Å². The third-order valence-electron chi connectivity index (χ3n) is 3.18. The standard InChI is InChI=1S/C15H15N3O/c1-19-15-5-3-2-4-12(15)10-18-14-8-13(16)7-6-11(14)9-17-18/h2-9H,10,16H2,1H3. The lowest BCUT2D eigenvalue weighted by atomic mass is 10.2. The molecule has 0 spiro atoms. The van der Waals surface area contributed by atoms with Crippen molar-refractivity contribution in [3.05, 3.63) is 54.2 Å². The number of anilines is 1. The van der Waals surface area contributed by atoms with Crippen molar-refractivity contribution in [2.75, 3.05) is 12.8 Å². The summed E-state index contributed by atoms with van der Waals surface area (Å²) < 4.78 is 7.30. The SMILES string of the molecule is COc1ccccc1Cn1ncc2ccc(N)cc21. The van der Waals surface area contributed by atoms with Crippen molar-refractivity contribution in [3.8, 4) is 5.75 Å². The molecule has 1 aromatic heterocycles. The fourth-order valence-corrected chi connectivity index (χ4v) is 2.21. The number of nitrogen functional groups attached to an aromatic ring is 1. The maximum atomic E-state index is 5.84. The van der Waals surface area contributed by atoms with Gasteiger partial charge in [0.2, 0.25) is 0 Å². The number of ether oxygens (including phenoxy) is 1. The number of methoxy groups -OCH3 is 1. The van der Waals surface area contributed by atoms with Gasteiger partial charge in [-0.25, -0.2) is 0 Å². The molecule has 3 rings (SSSR count). The first-order chi connectivity index (χ1) is 9.28. The van der Waals surface area contributed by atoms with Crippen LogP contribution >= 0.6 is 0 Å². The van der Waals surface area contributed by atoms with Crippen LogP contribution in [-0.2, 0) is 6.54 Å². The lowest BCUT2D eigenvalue weighted by molar-refractivity contribution is 0.407. The quantitative estimate of drug-likeness (QED) is 0.730. The van der Waals surface area contributed by atoms with Crippen molar-refractivity contribution in [3.63, 3.8) is 0 Å². The van der Waals surface area contributed by atoms with Gasteiger partial charge in [-0.2, -0.15) is 5.10 Å². The number of nitrogens with zero attached hydrogens (tertiary/aromatic N) is 2. The van der Waals surface area contributed by atoms with Crippen LogP contribution in [0, 0.1) is 0 Å². The van der Waals surface area contributed by atoms with Gasteiger partial charge >= 0.3 is 0 Å². The van der Waals surface area contributed by atoms with Crippen LogP contribution in [0.3, 0.4) is 0 Å². The Bertz CT molecular complexity index is 718. The van der Waals surface area contributed by atoms with E-state index in [2.05, 4.69) is 5.10 Å². The summed E-state index contributed by atoms with van der Waals surface area (Å²) in [6, 6.07) is 13.8. The zero-order valence-electron chi connectivity index (χ0n) is 10.7. The highest BCUT2D eigenvalue weighted by atomic mass is 16.5. The van der Waals surface area contributed by atoms with Crippen LogP contribution in [0.2, 0.25) is 0 Å². The number of benzene rings is 2. The first-order valence-corrected chi connectivity index (χ1v) is 6.11. The van der Waals surface area contributed by atoms with Crippen molar-refractivity contribution in [2.24, 2.45) is 0 Å². The summed E-state index contributed by atoms with van der Waals surface area (Å²) in [6.07, 6.45) is 1.85. The molecule has 96 valence electrons. The summed E-state index contributed by atoms with van der Waals surface area (Å²) in [5, 5.41) is 5.50. The number of hydrogen-bond donors (Lipinski definition) is 1. The second-order valence-corrected chi connectivity index (χ2v) is 4.43. The Hall–Kier alpha value is -2.49. The minimum Gasteiger partial charge on any atom is -0.496 e. The van der Waals surface area contributed by atoms with E-state index >= 15 is 0 Å². The van der Waals surface area contributed by atoms with Gasteiger partial charge in [-0.15, -0.1) is 0 Å². The molecule has 3 aromatic rings. The van der Waals surface area contributed by atoms with Crippen LogP contribution in [0.15, 0.2) is 48.7 Å². The molecule has 2 N–H and O–H groups in total. The van der Waals surface area contributed by atoms with Crippen molar-refractivity contribution >= 4 is 16.6 Å². The molecular weight excluding hydrogens is 238 g/mol. The minimum absolute atomic E-state index is 0.664. The highest BCUT2D eigenvalue weighted by molar-refractivity contribution is 5.81. The molecule has 0 aliphatic carbocycles. The fourth-order valence-electron chi connectivity index (χ4n) is 2.21. The zero-order valence-corrected chi connectivity index (χ0v) is 10.7. The van der Waals surface area contributed by atoms with E-state index in [1.165, 1.54) is 0 Å². The summed E-state index contributed by atoms with van der Waals surface area (Å²) in [5.41, 5.74) is 8.71. The number of para-hydroxylation sites is 1. The van der Waals surface area contributed by atoms with Crippen LogP contribution in [0.4, 0.5) is 5.69 Å². The molecule has 0 atom stereocenters. The summed E-state index contributed by atoms with van der Waals surface area (Å²) in [4.78, 5) is 0. The zero-order chi connectivity index (χ0) is 13.2. The molecule has 0 amide bonds. The van der Waals surface area contributed by atoms with Crippen molar-refractivity contribution in [2.45, 2.75) is 6.54 Å². The Labute approximate surface area is 111 Å². The lowest BCUT2D eigenvalue weighted by Gasteiger charge is -2.09. The van der Waals surface area contributed by atoms with Crippen molar-refractivity contribution in [1.82, 2.24) is 9.78 Å². The molecule has 0 saturated carbocycles. The summed E-state index contributed by atoms with van der Waals surface area (Å²) >= 11 is 0. The molecule has 0 unspecified atom stereocenters. The Morgan fingerprint density at radius 3 is 2.89 bits per heavy atom. The normalized spacial score (nSPS) is 10.8. The number of nitrogens with two attached hydrogens (primary N) is 1. The molecule has 0 bridgehead atoms. The van der Waals surface area contributed by atoms with Crippen molar-refractivity contribution < 1.29 is 4.74 Å². The van der Waals surface area contributed by atoms with E-state index in [-0.39, 0.29) is 0 Å². The van der Waals surface area contributed by atoms with E-state index in [1.54, 1.807) is 7.11 Å². The molecular formula is C15H15N3O. The van der Waals surface area contributed by atoms with E-state index in [1.807, 2.05) is 53.3 Å². The largest absolute Gasteiger partial charge is 0.496 e. The monoisotopic (exact) mass is 253 g/mol. The third-order valence-corrected chi connectivity index (χ3v) is 3.18. The lowest BCUT2D eigenvalue weighted by Crippen LogP contribution is -2.03. The highest BCUT2D eigenvalue weighted by Crippen LogP contribution is 2.22. The smallest absolute Gasteiger partial charge is 0.123 e. The number of rotatable bonds is 3. The number of aromatic nitrogens is 2. The van der Waals surface area contributed by atoms with E-state index in [4.69, 9.17) is 10.5 Å². The first kappa shape index (κ1) is 11.6. The predicted octanol–water partition coefficient (Wildman–Crippen LogP) is 2.68. The van der Waals surface area contributed by atoms with Gasteiger partial charge in [0.05, 0.1) is 25.4 Å². The second kappa shape index (κ2) is 4.65. The maximum Gasteiger partial charge on any atom is 0.123 e. The van der Waals surface area contributed by atoms with Gasteiger partial charge in [-0.3, -0.25) is 4.68 Å². The van der Waals surface area contributed by atoms with Gasteiger partial charge < -0.3 is 10.5 Å². The van der Waals surface area contributed by atoms with Crippen LogP contribution in [-0.4, -0.2) is 16.9 Å². The molecule has 4 heteroatoms. The Morgan fingerprint density at radius 2 is 2.05 bits per heavy atom. The molecule has 0 saturated heterocycles. The van der Waals surface area contributed by atoms with Gasteiger partial charge in [0.25, 0.3) is 0 Å². The van der Waals surface area contributed by atoms with Gasteiger partial charge in [0.15, 0.2) is 0 Å². The molecule has 1 heterocycles. The van der Waals surface area contributed by atoms with Crippen LogP contribution < -0.4 is 10.5 Å². The summed E-state index contributed by atoms with van der Waals surface area (Å²) in [5.74, 6) is 0.870. The van der Waals surface area contributed by atoms with Crippen LogP contribution in [0.5, 0.6) is 5.75 Å². The van der Waals surface area contributed by atoms with Crippen LogP contribution in [0.1, 0.15) is 5.56 Å². The van der Waals surface area contributed by atoms with E-state index in [9.17, 15) is 0 Å². The van der Waals surface area contributed by atoms with Gasteiger partial charge in [0.1, 0.15) is 5.75 Å². The molecule has 0 radical (unpaired) electrons. The molecule has 0 aliphatic rings. The minimum atomic E-state index is 0.664. The Balaban J connectivity index is 2.03. The highest BCUT2D eigenvalue weighted by Gasteiger charge is 2.07. The van der Waals surface area contributed by atoms with Gasteiger partial charge in [-0.05, 0) is 24.3 Å². The molecule has 0 fully saturated rings. The topological polar surface area (TPSA) is 53.1 Å². The molecule has 2 aromatic carbocycles. The fraction of sp³-hybridized carbons (Fsp3) is 0.133. The maximum absolute atomic E-state index is 5.84. The van der Waals surface area contributed by atoms with Crippen molar-refractivity contribution in [1.29, 1.82) is 0 Å². The Kier molecular flexibility index (Phi) is 2.83. The van der Waals surface area contributed by atoms with Gasteiger partial charge in [0, 0.05) is 16.6 Å². The number of hydrogen-bond acceptors (Lipinski definition) is 3. The molecule has 0 aliphatic heterocycles. The average Bonchev–Trinajstić information content (AvgIpc) is 2.82. The third kappa shape index (κ3) is 2.12. The summed E-state index contributed by atoms with van der Waals surface area (Å²) in [6.45, 7) is 0.664. The van der Waals surface area contributed by atoms with Crippen LogP contribution in [0.25, 0.3) is 10.9 Å².